The second-order valence-electron chi connectivity index (χ2n) is 5.25. The van der Waals surface area contributed by atoms with Crippen LogP contribution in [0.2, 0.25) is 0 Å². The van der Waals surface area contributed by atoms with Crippen LogP contribution >= 0.6 is 0 Å². The molecule has 2 aromatic rings. The minimum Gasteiger partial charge on any atom is -0.465 e. The molecule has 0 aliphatic rings. The average Bonchev–Trinajstić information content (AvgIpc) is 2.86. The fourth-order valence-electron chi connectivity index (χ4n) is 2.03. The van der Waals surface area contributed by atoms with Crippen LogP contribution < -0.4 is 5.32 Å². The molecule has 1 aromatic heterocycles. The third-order valence-corrected chi connectivity index (χ3v) is 3.10. The highest BCUT2D eigenvalue weighted by atomic mass is 16.5. The predicted molar refractivity (Wildman–Crippen MR) is 80.4 cm³/mol. The monoisotopic (exact) mass is 273 g/mol. The third kappa shape index (κ3) is 5.19. The van der Waals surface area contributed by atoms with Gasteiger partial charge in [0.2, 0.25) is 0 Å². The van der Waals surface area contributed by atoms with Crippen molar-refractivity contribution >= 4 is 0 Å². The van der Waals surface area contributed by atoms with Gasteiger partial charge in [-0.05, 0) is 30.5 Å². The van der Waals surface area contributed by atoms with Gasteiger partial charge in [0, 0.05) is 6.54 Å². The normalized spacial score (nSPS) is 12.5. The van der Waals surface area contributed by atoms with Crippen molar-refractivity contribution in [3.05, 3.63) is 59.5 Å². The summed E-state index contributed by atoms with van der Waals surface area (Å²) in [5, 5.41) is 3.39. The molecule has 0 fully saturated rings. The number of aryl methyl sites for hydroxylation is 1. The quantitative estimate of drug-likeness (QED) is 0.799. The summed E-state index contributed by atoms with van der Waals surface area (Å²) in [5.41, 5.74) is 1.22. The molecule has 3 heteroatoms. The van der Waals surface area contributed by atoms with Crippen molar-refractivity contribution in [2.45, 2.75) is 27.0 Å². The van der Waals surface area contributed by atoms with Gasteiger partial charge in [-0.1, -0.05) is 37.3 Å². The van der Waals surface area contributed by atoms with Crippen LogP contribution in [0, 0.1) is 12.8 Å². The molecular formula is C17H23NO2. The van der Waals surface area contributed by atoms with E-state index >= 15 is 0 Å². The Morgan fingerprint density at radius 1 is 1.15 bits per heavy atom. The number of nitrogens with one attached hydrogen (secondary N) is 1. The highest BCUT2D eigenvalue weighted by Gasteiger charge is 2.04. The largest absolute Gasteiger partial charge is 0.465 e. The molecule has 1 heterocycles. The van der Waals surface area contributed by atoms with Gasteiger partial charge in [-0.2, -0.15) is 0 Å². The lowest BCUT2D eigenvalue weighted by Crippen LogP contribution is -2.23. The Morgan fingerprint density at radius 3 is 2.65 bits per heavy atom. The van der Waals surface area contributed by atoms with Gasteiger partial charge in [0.1, 0.15) is 11.5 Å². The Hall–Kier alpha value is -1.58. The zero-order valence-corrected chi connectivity index (χ0v) is 12.3. The lowest BCUT2D eigenvalue weighted by atomic mass is 10.2. The van der Waals surface area contributed by atoms with Crippen LogP contribution in [0.1, 0.15) is 24.0 Å². The topological polar surface area (TPSA) is 34.4 Å². The Balaban J connectivity index is 1.57. The van der Waals surface area contributed by atoms with Crippen LogP contribution in [0.3, 0.4) is 0 Å². The summed E-state index contributed by atoms with van der Waals surface area (Å²) < 4.78 is 11.2. The summed E-state index contributed by atoms with van der Waals surface area (Å²) in [6.45, 7) is 7.29. The molecule has 20 heavy (non-hydrogen) atoms. The van der Waals surface area contributed by atoms with Crippen LogP contribution in [0.25, 0.3) is 0 Å². The summed E-state index contributed by atoms with van der Waals surface area (Å²) in [4.78, 5) is 0. The maximum Gasteiger partial charge on any atom is 0.117 e. The fourth-order valence-corrected chi connectivity index (χ4v) is 2.03. The van der Waals surface area contributed by atoms with Crippen molar-refractivity contribution in [1.29, 1.82) is 0 Å². The van der Waals surface area contributed by atoms with E-state index in [0.717, 1.165) is 31.2 Å². The Labute approximate surface area is 121 Å². The highest BCUT2D eigenvalue weighted by molar-refractivity contribution is 5.13. The molecule has 0 aliphatic carbocycles. The molecule has 0 saturated heterocycles. The van der Waals surface area contributed by atoms with Crippen LogP contribution in [0.15, 0.2) is 46.9 Å². The lowest BCUT2D eigenvalue weighted by molar-refractivity contribution is 0.0916. The summed E-state index contributed by atoms with van der Waals surface area (Å²) in [5.74, 6) is 2.43. The van der Waals surface area contributed by atoms with Crippen molar-refractivity contribution in [3.8, 4) is 0 Å². The maximum absolute atomic E-state index is 5.72. The molecule has 0 aliphatic heterocycles. The van der Waals surface area contributed by atoms with Crippen molar-refractivity contribution in [2.24, 2.45) is 5.92 Å². The maximum atomic E-state index is 5.72. The third-order valence-electron chi connectivity index (χ3n) is 3.10. The van der Waals surface area contributed by atoms with E-state index in [4.69, 9.17) is 9.15 Å². The fraction of sp³-hybridized carbons (Fsp3) is 0.412. The summed E-state index contributed by atoms with van der Waals surface area (Å²) in [6, 6.07) is 14.3. The van der Waals surface area contributed by atoms with Crippen LogP contribution in [0.4, 0.5) is 0 Å². The zero-order valence-electron chi connectivity index (χ0n) is 12.3. The molecule has 2 rings (SSSR count). The van der Waals surface area contributed by atoms with E-state index < -0.39 is 0 Å². The number of hydrogen-bond acceptors (Lipinski definition) is 3. The first kappa shape index (κ1) is 14.8. The van der Waals surface area contributed by atoms with Gasteiger partial charge in [0.05, 0.1) is 19.8 Å². The Bertz CT molecular complexity index is 493. The smallest absolute Gasteiger partial charge is 0.117 e. The van der Waals surface area contributed by atoms with E-state index in [9.17, 15) is 0 Å². The minimum atomic E-state index is 0.481. The van der Waals surface area contributed by atoms with Gasteiger partial charge in [-0.25, -0.2) is 0 Å². The van der Waals surface area contributed by atoms with Gasteiger partial charge >= 0.3 is 0 Å². The zero-order chi connectivity index (χ0) is 14.2. The first-order valence-corrected chi connectivity index (χ1v) is 7.12. The van der Waals surface area contributed by atoms with Crippen molar-refractivity contribution in [1.82, 2.24) is 5.32 Å². The Morgan fingerprint density at radius 2 is 1.95 bits per heavy atom. The molecule has 1 aromatic carbocycles. The second-order valence-corrected chi connectivity index (χ2v) is 5.25. The summed E-state index contributed by atoms with van der Waals surface area (Å²) in [7, 11) is 0. The van der Waals surface area contributed by atoms with Gasteiger partial charge in [-0.3, -0.25) is 0 Å². The van der Waals surface area contributed by atoms with E-state index in [1.54, 1.807) is 0 Å². The first-order valence-electron chi connectivity index (χ1n) is 7.12. The minimum absolute atomic E-state index is 0.481. The van der Waals surface area contributed by atoms with Gasteiger partial charge < -0.3 is 14.5 Å². The second kappa shape index (κ2) is 7.88. The van der Waals surface area contributed by atoms with Gasteiger partial charge in [-0.15, -0.1) is 0 Å². The van der Waals surface area contributed by atoms with Gasteiger partial charge in [0.15, 0.2) is 0 Å². The molecule has 0 saturated carbocycles. The summed E-state index contributed by atoms with van der Waals surface area (Å²) >= 11 is 0. The average molecular weight is 273 g/mol. The van der Waals surface area contributed by atoms with E-state index in [0.29, 0.717) is 12.5 Å². The van der Waals surface area contributed by atoms with E-state index in [1.165, 1.54) is 5.56 Å². The van der Waals surface area contributed by atoms with Crippen LogP contribution in [-0.4, -0.2) is 13.2 Å². The SMILES string of the molecule is Cc1ccc(CNCC(C)COCc2ccccc2)o1. The number of benzene rings is 1. The molecule has 1 unspecified atom stereocenters. The van der Waals surface area contributed by atoms with Gasteiger partial charge in [0.25, 0.3) is 0 Å². The van der Waals surface area contributed by atoms with E-state index in [-0.39, 0.29) is 0 Å². The first-order chi connectivity index (χ1) is 9.74. The highest BCUT2D eigenvalue weighted by Crippen LogP contribution is 2.06. The predicted octanol–water partition coefficient (Wildman–Crippen LogP) is 3.53. The lowest BCUT2D eigenvalue weighted by Gasteiger charge is -2.12. The van der Waals surface area contributed by atoms with E-state index in [1.807, 2.05) is 37.3 Å². The number of rotatable bonds is 8. The van der Waals surface area contributed by atoms with Crippen molar-refractivity contribution in [3.63, 3.8) is 0 Å². The molecule has 1 N–H and O–H groups in total. The number of ether oxygens (including phenoxy) is 1. The number of furan rings is 1. The number of hydrogen-bond donors (Lipinski definition) is 1. The van der Waals surface area contributed by atoms with Crippen molar-refractivity contribution in [2.75, 3.05) is 13.2 Å². The van der Waals surface area contributed by atoms with E-state index in [2.05, 4.69) is 24.4 Å². The van der Waals surface area contributed by atoms with Crippen LogP contribution in [-0.2, 0) is 17.9 Å². The standard InChI is InChI=1S/C17H23NO2/c1-14(10-18-11-17-9-8-15(2)20-17)12-19-13-16-6-4-3-5-7-16/h3-9,14,18H,10-13H2,1-2H3. The Kier molecular flexibility index (Phi) is 5.84. The molecule has 0 bridgehead atoms. The summed E-state index contributed by atoms with van der Waals surface area (Å²) in [6.07, 6.45) is 0. The van der Waals surface area contributed by atoms with Crippen LogP contribution in [0.5, 0.6) is 0 Å². The molecule has 0 amide bonds. The molecular weight excluding hydrogens is 250 g/mol. The van der Waals surface area contributed by atoms with Crippen molar-refractivity contribution < 1.29 is 9.15 Å². The molecule has 3 nitrogen and oxygen atoms in total. The molecule has 0 radical (unpaired) electrons. The molecule has 108 valence electrons. The molecule has 1 atom stereocenters. The molecule has 0 spiro atoms.